The Morgan fingerprint density at radius 3 is 2.58 bits per heavy atom. The maximum absolute atomic E-state index is 13.1. The number of imidazole rings is 1. The molecule has 0 saturated heterocycles. The summed E-state index contributed by atoms with van der Waals surface area (Å²) in [5, 5.41) is 0. The van der Waals surface area contributed by atoms with Gasteiger partial charge in [0, 0.05) is 6.42 Å². The minimum atomic E-state index is -0.889. The molecule has 5 heteroatoms. The van der Waals surface area contributed by atoms with E-state index in [9.17, 15) is 13.2 Å². The molecule has 0 bridgehead atoms. The van der Waals surface area contributed by atoms with Crippen molar-refractivity contribution in [3.8, 4) is 0 Å². The average molecular weight is 262 g/mol. The first-order valence-electron chi connectivity index (χ1n) is 5.70. The third-order valence-corrected chi connectivity index (χ3v) is 2.85. The topological polar surface area (TPSA) is 28.7 Å². The summed E-state index contributed by atoms with van der Waals surface area (Å²) in [6.45, 7) is 0. The summed E-state index contributed by atoms with van der Waals surface area (Å²) in [6.07, 6.45) is 0.327. The molecular formula is C14H9F3N2. The monoisotopic (exact) mass is 262 g/mol. The molecule has 0 atom stereocenters. The highest BCUT2D eigenvalue weighted by atomic mass is 19.2. The lowest BCUT2D eigenvalue weighted by Crippen LogP contribution is -1.93. The Labute approximate surface area is 106 Å². The normalized spacial score (nSPS) is 11.1. The van der Waals surface area contributed by atoms with Crippen LogP contribution in [0, 0.1) is 17.5 Å². The highest BCUT2D eigenvalue weighted by molar-refractivity contribution is 5.75. The van der Waals surface area contributed by atoms with Crippen molar-refractivity contribution in [1.29, 1.82) is 0 Å². The number of nitrogens with one attached hydrogen (secondary N) is 1. The molecule has 1 heterocycles. The number of aromatic nitrogens is 2. The molecule has 1 N–H and O–H groups in total. The number of fused-ring (bicyclic) bond motifs is 1. The van der Waals surface area contributed by atoms with E-state index in [0.29, 0.717) is 28.8 Å². The van der Waals surface area contributed by atoms with E-state index in [0.717, 1.165) is 12.1 Å². The van der Waals surface area contributed by atoms with Crippen molar-refractivity contribution in [3.63, 3.8) is 0 Å². The fraction of sp³-hybridized carbons (Fsp3) is 0.0714. The van der Waals surface area contributed by atoms with Crippen LogP contribution in [0.15, 0.2) is 36.4 Å². The summed E-state index contributed by atoms with van der Waals surface area (Å²) in [5.41, 5.74) is 1.81. The molecule has 3 aromatic rings. The van der Waals surface area contributed by atoms with Crippen LogP contribution < -0.4 is 0 Å². The van der Waals surface area contributed by atoms with Gasteiger partial charge < -0.3 is 4.98 Å². The number of hydrogen-bond acceptors (Lipinski definition) is 1. The Bertz CT molecular complexity index is 750. The summed E-state index contributed by atoms with van der Waals surface area (Å²) in [7, 11) is 0. The molecule has 0 amide bonds. The Morgan fingerprint density at radius 2 is 1.79 bits per heavy atom. The zero-order valence-corrected chi connectivity index (χ0v) is 9.75. The van der Waals surface area contributed by atoms with Gasteiger partial charge in [-0.15, -0.1) is 0 Å². The molecule has 0 aliphatic heterocycles. The van der Waals surface area contributed by atoms with Crippen LogP contribution in [-0.4, -0.2) is 9.97 Å². The van der Waals surface area contributed by atoms with Crippen LogP contribution in [0.1, 0.15) is 11.4 Å². The Morgan fingerprint density at radius 1 is 0.947 bits per heavy atom. The van der Waals surface area contributed by atoms with Crippen LogP contribution >= 0.6 is 0 Å². The summed E-state index contributed by atoms with van der Waals surface area (Å²) >= 11 is 0. The lowest BCUT2D eigenvalue weighted by Gasteiger charge is -1.99. The van der Waals surface area contributed by atoms with Gasteiger partial charge >= 0.3 is 0 Å². The molecule has 0 aliphatic carbocycles. The highest BCUT2D eigenvalue weighted by Crippen LogP contribution is 2.16. The third-order valence-electron chi connectivity index (χ3n) is 2.85. The van der Waals surface area contributed by atoms with Crippen molar-refractivity contribution in [2.45, 2.75) is 6.42 Å². The van der Waals surface area contributed by atoms with E-state index in [1.165, 1.54) is 18.2 Å². The molecule has 0 radical (unpaired) electrons. The van der Waals surface area contributed by atoms with Crippen molar-refractivity contribution < 1.29 is 13.2 Å². The van der Waals surface area contributed by atoms with Crippen LogP contribution in [0.25, 0.3) is 11.0 Å². The summed E-state index contributed by atoms with van der Waals surface area (Å²) in [5.74, 6) is -1.54. The van der Waals surface area contributed by atoms with Gasteiger partial charge in [0.1, 0.15) is 11.6 Å². The second-order valence-corrected chi connectivity index (χ2v) is 4.27. The van der Waals surface area contributed by atoms with Gasteiger partial charge in [-0.25, -0.2) is 18.2 Å². The third kappa shape index (κ3) is 2.31. The maximum atomic E-state index is 13.1. The Balaban J connectivity index is 1.94. The van der Waals surface area contributed by atoms with Crippen LogP contribution in [0.3, 0.4) is 0 Å². The molecule has 96 valence electrons. The van der Waals surface area contributed by atoms with Crippen molar-refractivity contribution in [2.75, 3.05) is 0 Å². The average Bonchev–Trinajstić information content (AvgIpc) is 2.75. The van der Waals surface area contributed by atoms with E-state index >= 15 is 0 Å². The van der Waals surface area contributed by atoms with Gasteiger partial charge in [-0.05, 0) is 35.9 Å². The van der Waals surface area contributed by atoms with Crippen LogP contribution in [0.2, 0.25) is 0 Å². The highest BCUT2D eigenvalue weighted by Gasteiger charge is 2.07. The van der Waals surface area contributed by atoms with E-state index in [-0.39, 0.29) is 5.82 Å². The van der Waals surface area contributed by atoms with E-state index in [1.807, 2.05) is 0 Å². The smallest absolute Gasteiger partial charge is 0.159 e. The number of aromatic amines is 1. The number of hydrogen-bond donors (Lipinski definition) is 1. The summed E-state index contributed by atoms with van der Waals surface area (Å²) in [4.78, 5) is 7.21. The van der Waals surface area contributed by atoms with Gasteiger partial charge in [0.15, 0.2) is 11.6 Å². The minimum Gasteiger partial charge on any atom is -0.342 e. The van der Waals surface area contributed by atoms with Gasteiger partial charge in [0.05, 0.1) is 11.0 Å². The first-order valence-corrected chi connectivity index (χ1v) is 5.70. The lowest BCUT2D eigenvalue weighted by molar-refractivity contribution is 0.507. The number of rotatable bonds is 2. The van der Waals surface area contributed by atoms with Gasteiger partial charge in [-0.2, -0.15) is 0 Å². The molecule has 0 saturated carbocycles. The van der Waals surface area contributed by atoms with Crippen LogP contribution in [0.5, 0.6) is 0 Å². The first-order chi connectivity index (χ1) is 9.11. The standard InChI is InChI=1S/C14H9F3N2/c15-9-2-4-12-13(7-9)19-14(18-12)6-8-1-3-10(16)11(17)5-8/h1-5,7H,6H2,(H,18,19). The fourth-order valence-corrected chi connectivity index (χ4v) is 1.96. The summed E-state index contributed by atoms with van der Waals surface area (Å²) in [6, 6.07) is 7.93. The van der Waals surface area contributed by atoms with Crippen LogP contribution in [0.4, 0.5) is 13.2 Å². The van der Waals surface area contributed by atoms with Gasteiger partial charge in [0.2, 0.25) is 0 Å². The maximum Gasteiger partial charge on any atom is 0.159 e. The van der Waals surface area contributed by atoms with E-state index in [2.05, 4.69) is 9.97 Å². The SMILES string of the molecule is Fc1ccc2nc(Cc3ccc(F)c(F)c3)[nH]c2c1. The van der Waals surface area contributed by atoms with Crippen molar-refractivity contribution in [1.82, 2.24) is 9.97 Å². The number of H-pyrrole nitrogens is 1. The van der Waals surface area contributed by atoms with E-state index in [1.54, 1.807) is 6.07 Å². The largest absolute Gasteiger partial charge is 0.342 e. The predicted octanol–water partition coefficient (Wildman–Crippen LogP) is 3.57. The summed E-state index contributed by atoms with van der Waals surface area (Å²) < 4.78 is 38.9. The molecule has 3 rings (SSSR count). The number of benzene rings is 2. The molecular weight excluding hydrogens is 253 g/mol. The van der Waals surface area contributed by atoms with Gasteiger partial charge in [-0.1, -0.05) is 6.07 Å². The quantitative estimate of drug-likeness (QED) is 0.751. The molecule has 1 aromatic heterocycles. The molecule has 0 aliphatic rings. The first kappa shape index (κ1) is 11.8. The number of halogens is 3. The molecule has 0 unspecified atom stereocenters. The zero-order valence-electron chi connectivity index (χ0n) is 9.75. The number of nitrogens with zero attached hydrogens (tertiary/aromatic N) is 1. The second kappa shape index (κ2) is 4.42. The molecule has 19 heavy (non-hydrogen) atoms. The second-order valence-electron chi connectivity index (χ2n) is 4.27. The van der Waals surface area contributed by atoms with Gasteiger partial charge in [-0.3, -0.25) is 0 Å². The molecule has 2 nitrogen and oxygen atoms in total. The molecule has 0 spiro atoms. The Hall–Kier alpha value is -2.30. The lowest BCUT2D eigenvalue weighted by atomic mass is 10.1. The Kier molecular flexibility index (Phi) is 2.74. The van der Waals surface area contributed by atoms with Crippen molar-refractivity contribution in [2.24, 2.45) is 0 Å². The van der Waals surface area contributed by atoms with Gasteiger partial charge in [0.25, 0.3) is 0 Å². The predicted molar refractivity (Wildman–Crippen MR) is 65.2 cm³/mol. The zero-order chi connectivity index (χ0) is 13.4. The fourth-order valence-electron chi connectivity index (χ4n) is 1.96. The molecule has 2 aromatic carbocycles. The van der Waals surface area contributed by atoms with Crippen LogP contribution in [-0.2, 0) is 6.42 Å². The van der Waals surface area contributed by atoms with Crippen molar-refractivity contribution in [3.05, 3.63) is 65.2 Å². The van der Waals surface area contributed by atoms with Crippen molar-refractivity contribution >= 4 is 11.0 Å². The van der Waals surface area contributed by atoms with E-state index in [4.69, 9.17) is 0 Å². The minimum absolute atomic E-state index is 0.327. The molecule has 0 fully saturated rings. The van der Waals surface area contributed by atoms with E-state index < -0.39 is 11.6 Å².